The van der Waals surface area contributed by atoms with Gasteiger partial charge in [-0.05, 0) is 25.7 Å². The van der Waals surface area contributed by atoms with E-state index in [-0.39, 0.29) is 0 Å². The molecule has 0 atom stereocenters. The Morgan fingerprint density at radius 2 is 2.00 bits per heavy atom. The highest BCUT2D eigenvalue weighted by atomic mass is 16.5. The van der Waals surface area contributed by atoms with Gasteiger partial charge in [-0.25, -0.2) is 9.97 Å². The highest BCUT2D eigenvalue weighted by Crippen LogP contribution is 2.24. The van der Waals surface area contributed by atoms with E-state index in [2.05, 4.69) is 42.1 Å². The standard InChI is InChI=1S/C17H16N6O/c1-23(2)9-11-3-5-12(6-4-11)16-21-17(24-22-16)14-7-13-8-18-10-19-15(13)20-14/h3-8,10H,9H2,1-2H3,(H,18,19,20). The first-order valence-corrected chi connectivity index (χ1v) is 7.56. The number of hydrogen-bond acceptors (Lipinski definition) is 6. The number of aromatic nitrogens is 5. The van der Waals surface area contributed by atoms with Gasteiger partial charge < -0.3 is 14.4 Å². The molecule has 0 saturated heterocycles. The van der Waals surface area contributed by atoms with Gasteiger partial charge in [-0.2, -0.15) is 4.98 Å². The summed E-state index contributed by atoms with van der Waals surface area (Å²) in [7, 11) is 4.09. The van der Waals surface area contributed by atoms with Crippen LogP contribution in [0.4, 0.5) is 0 Å². The summed E-state index contributed by atoms with van der Waals surface area (Å²) in [6.45, 7) is 0.897. The molecule has 1 aromatic carbocycles. The van der Waals surface area contributed by atoms with Gasteiger partial charge in [0.15, 0.2) is 0 Å². The van der Waals surface area contributed by atoms with E-state index in [1.54, 1.807) is 6.20 Å². The SMILES string of the molecule is CN(C)Cc1ccc(-c2noc(-c3cc4cncnc4[nH]3)n2)cc1. The van der Waals surface area contributed by atoms with Gasteiger partial charge in [-0.1, -0.05) is 29.4 Å². The topological polar surface area (TPSA) is 83.7 Å². The first kappa shape index (κ1) is 14.5. The Morgan fingerprint density at radius 1 is 1.17 bits per heavy atom. The quantitative estimate of drug-likeness (QED) is 0.622. The third-order valence-corrected chi connectivity index (χ3v) is 3.66. The molecule has 0 bridgehead atoms. The fourth-order valence-corrected chi connectivity index (χ4v) is 2.56. The van der Waals surface area contributed by atoms with Crippen LogP contribution in [0.15, 0.2) is 47.4 Å². The molecule has 120 valence electrons. The van der Waals surface area contributed by atoms with Crippen molar-refractivity contribution < 1.29 is 4.52 Å². The summed E-state index contributed by atoms with van der Waals surface area (Å²) < 4.78 is 5.38. The lowest BCUT2D eigenvalue weighted by atomic mass is 10.1. The Morgan fingerprint density at radius 3 is 2.75 bits per heavy atom. The van der Waals surface area contributed by atoms with Crippen LogP contribution in [-0.4, -0.2) is 44.1 Å². The maximum Gasteiger partial charge on any atom is 0.274 e. The Balaban J connectivity index is 1.62. The number of rotatable bonds is 4. The van der Waals surface area contributed by atoms with Crippen LogP contribution in [0.1, 0.15) is 5.56 Å². The van der Waals surface area contributed by atoms with E-state index < -0.39 is 0 Å². The number of aromatic amines is 1. The Kier molecular flexibility index (Phi) is 3.55. The van der Waals surface area contributed by atoms with Gasteiger partial charge in [0, 0.05) is 23.7 Å². The van der Waals surface area contributed by atoms with Crippen molar-refractivity contribution >= 4 is 11.0 Å². The molecule has 0 unspecified atom stereocenters. The number of hydrogen-bond donors (Lipinski definition) is 1. The number of benzene rings is 1. The van der Waals surface area contributed by atoms with E-state index in [0.717, 1.165) is 28.8 Å². The van der Waals surface area contributed by atoms with Crippen molar-refractivity contribution in [1.29, 1.82) is 0 Å². The highest BCUT2D eigenvalue weighted by Gasteiger charge is 2.13. The van der Waals surface area contributed by atoms with Gasteiger partial charge in [0.2, 0.25) is 5.82 Å². The van der Waals surface area contributed by atoms with E-state index in [1.165, 1.54) is 11.9 Å². The molecule has 0 amide bonds. The minimum atomic E-state index is 0.431. The van der Waals surface area contributed by atoms with Crippen molar-refractivity contribution in [2.45, 2.75) is 6.54 Å². The van der Waals surface area contributed by atoms with Gasteiger partial charge in [0.25, 0.3) is 5.89 Å². The van der Waals surface area contributed by atoms with E-state index in [9.17, 15) is 0 Å². The Hall–Kier alpha value is -3.06. The zero-order valence-electron chi connectivity index (χ0n) is 13.4. The number of fused-ring (bicyclic) bond motifs is 1. The van der Waals surface area contributed by atoms with Gasteiger partial charge >= 0.3 is 0 Å². The molecule has 4 rings (SSSR count). The minimum absolute atomic E-state index is 0.431. The highest BCUT2D eigenvalue weighted by molar-refractivity contribution is 5.80. The van der Waals surface area contributed by atoms with Gasteiger partial charge in [-0.3, -0.25) is 0 Å². The van der Waals surface area contributed by atoms with Crippen LogP contribution < -0.4 is 0 Å². The summed E-state index contributed by atoms with van der Waals surface area (Å²) in [5.74, 6) is 0.992. The molecular formula is C17H16N6O. The predicted octanol–water partition coefficient (Wildman–Crippen LogP) is 2.74. The molecule has 0 aliphatic rings. The molecule has 3 heterocycles. The van der Waals surface area contributed by atoms with Crippen molar-refractivity contribution in [3.05, 3.63) is 48.4 Å². The van der Waals surface area contributed by atoms with Crippen LogP contribution in [0.25, 0.3) is 34.0 Å². The van der Waals surface area contributed by atoms with Crippen LogP contribution in [0, 0.1) is 0 Å². The minimum Gasteiger partial charge on any atom is -0.335 e. The maximum atomic E-state index is 5.38. The molecule has 0 spiro atoms. The van der Waals surface area contributed by atoms with Crippen LogP contribution in [-0.2, 0) is 6.54 Å². The van der Waals surface area contributed by atoms with E-state index in [1.807, 2.05) is 32.3 Å². The summed E-state index contributed by atoms with van der Waals surface area (Å²) in [5.41, 5.74) is 3.63. The first-order chi connectivity index (χ1) is 11.7. The van der Waals surface area contributed by atoms with Crippen molar-refractivity contribution in [3.8, 4) is 23.0 Å². The summed E-state index contributed by atoms with van der Waals surface area (Å²) in [6, 6.07) is 10.1. The second kappa shape index (κ2) is 5.86. The van der Waals surface area contributed by atoms with E-state index in [4.69, 9.17) is 4.52 Å². The smallest absolute Gasteiger partial charge is 0.274 e. The molecule has 3 aromatic heterocycles. The molecule has 0 saturated carbocycles. The third-order valence-electron chi connectivity index (χ3n) is 3.66. The zero-order valence-corrected chi connectivity index (χ0v) is 13.4. The van der Waals surface area contributed by atoms with Gasteiger partial charge in [0.05, 0.1) is 0 Å². The predicted molar refractivity (Wildman–Crippen MR) is 90.0 cm³/mol. The maximum absolute atomic E-state index is 5.38. The van der Waals surface area contributed by atoms with Crippen molar-refractivity contribution in [3.63, 3.8) is 0 Å². The lowest BCUT2D eigenvalue weighted by Crippen LogP contribution is -2.10. The lowest BCUT2D eigenvalue weighted by Gasteiger charge is -2.09. The molecule has 7 heteroatoms. The molecule has 7 nitrogen and oxygen atoms in total. The molecular weight excluding hydrogens is 304 g/mol. The summed E-state index contributed by atoms with van der Waals surface area (Å²) in [4.78, 5) is 17.9. The molecule has 1 N–H and O–H groups in total. The van der Waals surface area contributed by atoms with E-state index in [0.29, 0.717) is 11.7 Å². The average Bonchev–Trinajstić information content (AvgIpc) is 3.21. The summed E-state index contributed by atoms with van der Waals surface area (Å²) >= 11 is 0. The molecule has 0 fully saturated rings. The zero-order chi connectivity index (χ0) is 16.5. The van der Waals surface area contributed by atoms with Gasteiger partial charge in [0.1, 0.15) is 17.7 Å². The molecule has 0 aliphatic carbocycles. The summed E-state index contributed by atoms with van der Waals surface area (Å²) in [6.07, 6.45) is 3.24. The number of nitrogens with one attached hydrogen (secondary N) is 1. The Labute approximate surface area is 138 Å². The second-order valence-corrected chi connectivity index (χ2v) is 5.87. The van der Waals surface area contributed by atoms with E-state index >= 15 is 0 Å². The van der Waals surface area contributed by atoms with Crippen LogP contribution >= 0.6 is 0 Å². The summed E-state index contributed by atoms with van der Waals surface area (Å²) in [5, 5.41) is 4.97. The molecule has 24 heavy (non-hydrogen) atoms. The lowest BCUT2D eigenvalue weighted by molar-refractivity contribution is 0.402. The normalized spacial score (nSPS) is 11.5. The van der Waals surface area contributed by atoms with Crippen LogP contribution in [0.5, 0.6) is 0 Å². The molecule has 4 aromatic rings. The van der Waals surface area contributed by atoms with Crippen molar-refractivity contribution in [2.24, 2.45) is 0 Å². The van der Waals surface area contributed by atoms with Crippen LogP contribution in [0.2, 0.25) is 0 Å². The Bertz CT molecular complexity index is 937. The second-order valence-electron chi connectivity index (χ2n) is 5.87. The molecule has 0 aliphatic heterocycles. The van der Waals surface area contributed by atoms with Crippen molar-refractivity contribution in [1.82, 2.24) is 30.0 Å². The van der Waals surface area contributed by atoms with Gasteiger partial charge in [-0.15, -0.1) is 0 Å². The first-order valence-electron chi connectivity index (χ1n) is 7.56. The monoisotopic (exact) mass is 320 g/mol. The fourth-order valence-electron chi connectivity index (χ4n) is 2.56. The fraction of sp³-hybridized carbons (Fsp3) is 0.176. The average molecular weight is 320 g/mol. The molecule has 0 radical (unpaired) electrons. The number of nitrogens with zero attached hydrogens (tertiary/aromatic N) is 5. The van der Waals surface area contributed by atoms with Crippen LogP contribution in [0.3, 0.4) is 0 Å². The van der Waals surface area contributed by atoms with Crippen molar-refractivity contribution in [2.75, 3.05) is 14.1 Å². The third kappa shape index (κ3) is 2.77. The largest absolute Gasteiger partial charge is 0.335 e. The number of H-pyrrole nitrogens is 1.